The lowest BCUT2D eigenvalue weighted by atomic mass is 9.95. The van der Waals surface area contributed by atoms with E-state index in [1.807, 2.05) is 0 Å². The lowest BCUT2D eigenvalue weighted by molar-refractivity contribution is 0.398. The zero-order chi connectivity index (χ0) is 15.4. The van der Waals surface area contributed by atoms with E-state index < -0.39 is 0 Å². The van der Waals surface area contributed by atoms with Gasteiger partial charge in [0.25, 0.3) is 0 Å². The Hall–Kier alpha value is -2.07. The van der Waals surface area contributed by atoms with E-state index >= 15 is 0 Å². The third-order valence-electron chi connectivity index (χ3n) is 3.46. The van der Waals surface area contributed by atoms with Crippen molar-refractivity contribution < 1.29 is 14.6 Å². The van der Waals surface area contributed by atoms with Crippen LogP contribution in [0.2, 0.25) is 0 Å². The average Bonchev–Trinajstić information content (AvgIpc) is 2.44. The summed E-state index contributed by atoms with van der Waals surface area (Å²) in [4.78, 5) is 0. The van der Waals surface area contributed by atoms with Crippen molar-refractivity contribution in [2.45, 2.75) is 26.4 Å². The van der Waals surface area contributed by atoms with Gasteiger partial charge in [-0.05, 0) is 41.3 Å². The summed E-state index contributed by atoms with van der Waals surface area (Å²) in [5.74, 6) is -0.166. The Bertz CT molecular complexity index is 596. The Morgan fingerprint density at radius 3 is 2.24 bits per heavy atom. The molecule has 0 aliphatic rings. The number of aromatic hydroxyl groups is 2. The number of nitrogens with one attached hydrogen (secondary N) is 1. The molecule has 1 atom stereocenters. The van der Waals surface area contributed by atoms with E-state index in [-0.39, 0.29) is 23.4 Å². The van der Waals surface area contributed by atoms with Gasteiger partial charge in [-0.25, -0.2) is 4.39 Å². The highest BCUT2D eigenvalue weighted by Gasteiger charge is 2.15. The van der Waals surface area contributed by atoms with Crippen LogP contribution in [0.5, 0.6) is 11.5 Å². The molecular weight excluding hydrogens is 269 g/mol. The first-order valence-electron chi connectivity index (χ1n) is 6.97. The second-order valence-corrected chi connectivity index (χ2v) is 5.48. The molecule has 2 rings (SSSR count). The van der Waals surface area contributed by atoms with Gasteiger partial charge in [-0.2, -0.15) is 0 Å². The molecular formula is C17H20FNO2. The van der Waals surface area contributed by atoms with Crippen molar-refractivity contribution in [1.82, 2.24) is 5.32 Å². The summed E-state index contributed by atoms with van der Waals surface area (Å²) in [6.07, 6.45) is 0. The van der Waals surface area contributed by atoms with Gasteiger partial charge in [0.1, 0.15) is 5.82 Å². The number of halogens is 1. The monoisotopic (exact) mass is 289 g/mol. The van der Waals surface area contributed by atoms with Crippen molar-refractivity contribution in [3.8, 4) is 11.5 Å². The average molecular weight is 289 g/mol. The van der Waals surface area contributed by atoms with Crippen molar-refractivity contribution in [1.29, 1.82) is 0 Å². The Kier molecular flexibility index (Phi) is 4.81. The molecule has 4 heteroatoms. The molecule has 0 bridgehead atoms. The molecule has 0 fully saturated rings. The fourth-order valence-corrected chi connectivity index (χ4v) is 2.32. The van der Waals surface area contributed by atoms with Crippen molar-refractivity contribution in [3.63, 3.8) is 0 Å². The predicted octanol–water partition coefficient (Wildman–Crippen LogP) is 3.72. The highest BCUT2D eigenvalue weighted by molar-refractivity contribution is 5.40. The zero-order valence-electron chi connectivity index (χ0n) is 12.2. The quantitative estimate of drug-likeness (QED) is 0.735. The van der Waals surface area contributed by atoms with Gasteiger partial charge >= 0.3 is 0 Å². The SMILES string of the molecule is CC(C)C(NCc1ccc(O)c(O)c1)c1ccc(F)cc1. The Labute approximate surface area is 124 Å². The third kappa shape index (κ3) is 3.95. The number of benzene rings is 2. The van der Waals surface area contributed by atoms with Crippen LogP contribution in [0.15, 0.2) is 42.5 Å². The molecule has 2 aromatic rings. The van der Waals surface area contributed by atoms with Gasteiger partial charge in [0.15, 0.2) is 11.5 Å². The van der Waals surface area contributed by atoms with Crippen LogP contribution in [0.25, 0.3) is 0 Å². The highest BCUT2D eigenvalue weighted by Crippen LogP contribution is 2.26. The molecule has 21 heavy (non-hydrogen) atoms. The van der Waals surface area contributed by atoms with Crippen molar-refractivity contribution in [2.24, 2.45) is 5.92 Å². The maximum absolute atomic E-state index is 13.0. The number of phenolic OH excluding ortho intramolecular Hbond substituents is 2. The van der Waals surface area contributed by atoms with Crippen LogP contribution < -0.4 is 5.32 Å². The Morgan fingerprint density at radius 1 is 1.00 bits per heavy atom. The molecule has 0 saturated carbocycles. The van der Waals surface area contributed by atoms with Crippen LogP contribution in [-0.2, 0) is 6.54 Å². The summed E-state index contributed by atoms with van der Waals surface area (Å²) in [6.45, 7) is 4.73. The van der Waals surface area contributed by atoms with Gasteiger partial charge in [0, 0.05) is 12.6 Å². The normalized spacial score (nSPS) is 12.6. The summed E-state index contributed by atoms with van der Waals surface area (Å²) in [5, 5.41) is 22.2. The summed E-state index contributed by atoms with van der Waals surface area (Å²) in [5.41, 5.74) is 1.90. The van der Waals surface area contributed by atoms with Crippen LogP contribution in [0, 0.1) is 11.7 Å². The molecule has 0 amide bonds. The maximum Gasteiger partial charge on any atom is 0.157 e. The molecule has 0 radical (unpaired) electrons. The van der Waals surface area contributed by atoms with Crippen molar-refractivity contribution in [3.05, 3.63) is 59.4 Å². The van der Waals surface area contributed by atoms with E-state index in [2.05, 4.69) is 19.2 Å². The van der Waals surface area contributed by atoms with Crippen LogP contribution in [-0.4, -0.2) is 10.2 Å². The van der Waals surface area contributed by atoms with Crippen molar-refractivity contribution >= 4 is 0 Å². The molecule has 3 nitrogen and oxygen atoms in total. The standard InChI is InChI=1S/C17H20FNO2/c1-11(2)17(13-4-6-14(18)7-5-13)19-10-12-3-8-15(20)16(21)9-12/h3-9,11,17,19-21H,10H2,1-2H3. The van der Waals surface area contributed by atoms with Crippen LogP contribution in [0.3, 0.4) is 0 Å². The largest absolute Gasteiger partial charge is 0.504 e. The maximum atomic E-state index is 13.0. The lowest BCUT2D eigenvalue weighted by Gasteiger charge is -2.23. The minimum atomic E-state index is -0.246. The zero-order valence-corrected chi connectivity index (χ0v) is 12.2. The van der Waals surface area contributed by atoms with Crippen LogP contribution in [0.1, 0.15) is 31.0 Å². The van der Waals surface area contributed by atoms with Crippen LogP contribution >= 0.6 is 0 Å². The fourth-order valence-electron chi connectivity index (χ4n) is 2.32. The van der Waals surface area contributed by atoms with E-state index in [1.165, 1.54) is 24.3 Å². The highest BCUT2D eigenvalue weighted by atomic mass is 19.1. The summed E-state index contributed by atoms with van der Waals surface area (Å²) >= 11 is 0. The Morgan fingerprint density at radius 2 is 1.67 bits per heavy atom. The van der Waals surface area contributed by atoms with Gasteiger partial charge in [0.05, 0.1) is 0 Å². The van der Waals surface area contributed by atoms with E-state index in [4.69, 9.17) is 0 Å². The van der Waals surface area contributed by atoms with Gasteiger partial charge in [-0.15, -0.1) is 0 Å². The minimum Gasteiger partial charge on any atom is -0.504 e. The number of rotatable bonds is 5. The van der Waals surface area contributed by atoms with Gasteiger partial charge in [-0.3, -0.25) is 0 Å². The molecule has 2 aromatic carbocycles. The van der Waals surface area contributed by atoms with E-state index in [9.17, 15) is 14.6 Å². The molecule has 3 N–H and O–H groups in total. The molecule has 0 heterocycles. The first-order valence-corrected chi connectivity index (χ1v) is 6.97. The molecule has 0 aromatic heterocycles. The number of hydrogen-bond acceptors (Lipinski definition) is 3. The molecule has 0 spiro atoms. The fraction of sp³-hybridized carbons (Fsp3) is 0.294. The predicted molar refractivity (Wildman–Crippen MR) is 80.6 cm³/mol. The first kappa shape index (κ1) is 15.3. The van der Waals surface area contributed by atoms with E-state index in [0.29, 0.717) is 12.5 Å². The van der Waals surface area contributed by atoms with Crippen LogP contribution in [0.4, 0.5) is 4.39 Å². The van der Waals surface area contributed by atoms with Gasteiger partial charge in [0.2, 0.25) is 0 Å². The van der Waals surface area contributed by atoms with Crippen molar-refractivity contribution in [2.75, 3.05) is 0 Å². The second kappa shape index (κ2) is 6.59. The molecule has 0 aliphatic carbocycles. The lowest BCUT2D eigenvalue weighted by Crippen LogP contribution is -2.25. The van der Waals surface area contributed by atoms with E-state index in [0.717, 1.165) is 11.1 Å². The van der Waals surface area contributed by atoms with Gasteiger partial charge < -0.3 is 15.5 Å². The number of hydrogen-bond donors (Lipinski definition) is 3. The number of phenols is 2. The molecule has 0 aliphatic heterocycles. The minimum absolute atomic E-state index is 0.0848. The van der Waals surface area contributed by atoms with Gasteiger partial charge in [-0.1, -0.05) is 32.0 Å². The molecule has 1 unspecified atom stereocenters. The summed E-state index contributed by atoms with van der Waals surface area (Å²) in [6, 6.07) is 11.3. The molecule has 0 saturated heterocycles. The second-order valence-electron chi connectivity index (χ2n) is 5.48. The molecule has 112 valence electrons. The summed E-state index contributed by atoms with van der Waals surface area (Å²) < 4.78 is 13.0. The third-order valence-corrected chi connectivity index (χ3v) is 3.46. The first-order chi connectivity index (χ1) is 9.97. The Balaban J connectivity index is 2.09. The smallest absolute Gasteiger partial charge is 0.157 e. The topological polar surface area (TPSA) is 52.5 Å². The summed E-state index contributed by atoms with van der Waals surface area (Å²) in [7, 11) is 0. The van der Waals surface area contributed by atoms with E-state index in [1.54, 1.807) is 18.2 Å².